The second-order valence-corrected chi connectivity index (χ2v) is 20.7. The van der Waals surface area contributed by atoms with Crippen LogP contribution in [-0.4, -0.2) is 67.8 Å². The second kappa shape index (κ2) is 20.1. The fourth-order valence-electron chi connectivity index (χ4n) is 8.61. The maximum absolute atomic E-state index is 13.1. The molecule has 73 heavy (non-hydrogen) atoms. The van der Waals surface area contributed by atoms with Crippen molar-refractivity contribution in [2.24, 2.45) is 4.99 Å². The van der Waals surface area contributed by atoms with E-state index in [1.165, 1.54) is 59.6 Å². The van der Waals surface area contributed by atoms with E-state index in [0.29, 0.717) is 51.2 Å². The molecule has 5 N–H and O–H groups in total. The van der Waals surface area contributed by atoms with Gasteiger partial charge in [0.1, 0.15) is 52.7 Å². The van der Waals surface area contributed by atoms with Gasteiger partial charge in [0.05, 0.1) is 47.6 Å². The number of aromatic nitrogens is 9. The Bertz CT molecular complexity index is 3550. The fraction of sp³-hybridized carbons (Fsp3) is 0.353. The second-order valence-electron chi connectivity index (χ2n) is 19.0. The van der Waals surface area contributed by atoms with E-state index in [1.54, 1.807) is 52.5 Å². The van der Waals surface area contributed by atoms with Crippen molar-refractivity contribution in [2.45, 2.75) is 117 Å². The molecule has 378 valence electrons. The summed E-state index contributed by atoms with van der Waals surface area (Å²) in [6.45, 7) is 6.97. The number of halogens is 3. The van der Waals surface area contributed by atoms with Crippen LogP contribution >= 0.6 is 39.1 Å². The van der Waals surface area contributed by atoms with Crippen LogP contribution in [0, 0.1) is 0 Å². The minimum Gasteiger partial charge on any atom is -0.383 e. The molecule has 0 atom stereocenters. The fourth-order valence-corrected chi connectivity index (χ4v) is 9.71. The number of fused-ring (bicyclic) bond motifs is 5. The number of ketones is 1. The monoisotopic (exact) mass is 1090 g/mol. The summed E-state index contributed by atoms with van der Waals surface area (Å²) in [5, 5.41) is 10.5. The zero-order valence-electron chi connectivity index (χ0n) is 38.8. The molecule has 0 bridgehead atoms. The first-order valence-corrected chi connectivity index (χ1v) is 24.5. The predicted octanol–water partition coefficient (Wildman–Crippen LogP) is 9.60. The largest absolute Gasteiger partial charge is 0.383 e. The predicted molar refractivity (Wildman–Crippen MR) is 286 cm³/mol. The summed E-state index contributed by atoms with van der Waals surface area (Å²) in [6, 6.07) is 8.84. The van der Waals surface area contributed by atoms with Crippen molar-refractivity contribution in [3.8, 4) is 0 Å². The molecule has 0 aromatic carbocycles. The molecule has 7 aromatic rings. The summed E-state index contributed by atoms with van der Waals surface area (Å²) in [4.78, 5) is 94.3. The average Bonchev–Trinajstić information content (AvgIpc) is 4.18. The molecule has 13 rings (SSSR count). The third kappa shape index (κ3) is 10.5. The highest BCUT2D eigenvalue weighted by atomic mass is 79.9. The van der Waals surface area contributed by atoms with Crippen LogP contribution in [0.2, 0.25) is 10.0 Å². The van der Waals surface area contributed by atoms with Crippen LogP contribution in [0.1, 0.15) is 154 Å². The van der Waals surface area contributed by atoms with Gasteiger partial charge in [-0.3, -0.25) is 53.1 Å². The lowest BCUT2D eigenvalue weighted by atomic mass is 10.1. The standard InChI is InChI=1S/C19H17ClN6O2.C11H10N2O.C10H10N4.C9H8BrClN2O2.2CH4/c1-19(2)25-17(27)15-11(20)5-14(18(28)26(15)19)24-16-10-7-21-12(9-3-4-9)6-13(10)22-8-23-16;14-11-3-4-12-10-5-9(7-1-2-7)13-6-8(10)11;11-10-7-4-12-8(6-1-2-6)3-9(7)13-5-14-10;1-9(2)12-7(14)6-5(11)3-4(10)8(15)13(6)9;;/h5-9H,3-4H2,1-2H3,(H,25,27)(H,22,23,24);4-7H,1-3H2;3-6H,1-2H2,(H2,11,13,14);3H,1-2H3,(H,12,14);2*1H4. The van der Waals surface area contributed by atoms with Crippen molar-refractivity contribution >= 4 is 108 Å². The summed E-state index contributed by atoms with van der Waals surface area (Å²) in [5.74, 6) is 2.18. The van der Waals surface area contributed by atoms with Crippen LogP contribution < -0.4 is 32.8 Å². The molecule has 10 heterocycles. The lowest BCUT2D eigenvalue weighted by molar-refractivity contribution is 0.0925. The number of carbonyl (C=O) groups excluding carboxylic acids is 3. The molecule has 3 aliphatic heterocycles. The normalized spacial score (nSPS) is 17.1. The van der Waals surface area contributed by atoms with Crippen LogP contribution in [0.25, 0.3) is 21.8 Å². The van der Waals surface area contributed by atoms with Crippen LogP contribution in [0.15, 0.2) is 80.6 Å². The minimum atomic E-state index is -0.876. The van der Waals surface area contributed by atoms with Crippen molar-refractivity contribution in [3.63, 3.8) is 0 Å². The SMILES string of the molecule is C.C.CC1(C)NC(=O)c2c(Cl)cc(Br)c(=O)n21.CC1(C)NC(=O)c2c(Cl)cc(Nc3ncnc4cc(C5CC5)ncc34)c(=O)n21.Nc1ncnc2cc(C3CC3)ncc12.O=C1CC=Nc2cc(C3CC3)ncc21. The first-order valence-electron chi connectivity index (χ1n) is 22.9. The summed E-state index contributed by atoms with van der Waals surface area (Å²) in [6.07, 6.45) is 17.5. The molecule has 19 nitrogen and oxygen atoms in total. The van der Waals surface area contributed by atoms with E-state index < -0.39 is 11.3 Å². The molecular weight excluding hydrogens is 1040 g/mol. The molecule has 6 aliphatic rings. The number of pyridine rings is 5. The Morgan fingerprint density at radius 2 is 1.14 bits per heavy atom. The van der Waals surface area contributed by atoms with E-state index >= 15 is 0 Å². The van der Waals surface area contributed by atoms with Crippen molar-refractivity contribution in [3.05, 3.63) is 131 Å². The summed E-state index contributed by atoms with van der Waals surface area (Å²) in [5.41, 5.74) is 10.5. The lowest BCUT2D eigenvalue weighted by Crippen LogP contribution is -2.42. The number of carbonyl (C=O) groups is 3. The summed E-state index contributed by atoms with van der Waals surface area (Å²) < 4.78 is 3.08. The van der Waals surface area contributed by atoms with Gasteiger partial charge in [-0.15, -0.1) is 0 Å². The Morgan fingerprint density at radius 1 is 0.644 bits per heavy atom. The van der Waals surface area contributed by atoms with Crippen molar-refractivity contribution < 1.29 is 14.4 Å². The van der Waals surface area contributed by atoms with E-state index in [9.17, 15) is 24.0 Å². The molecule has 0 radical (unpaired) electrons. The van der Waals surface area contributed by atoms with Gasteiger partial charge in [0.25, 0.3) is 22.9 Å². The number of nitrogen functional groups attached to an aromatic ring is 1. The van der Waals surface area contributed by atoms with Gasteiger partial charge >= 0.3 is 0 Å². The maximum atomic E-state index is 13.1. The number of amides is 2. The average molecular weight is 1090 g/mol. The zero-order chi connectivity index (χ0) is 50.1. The van der Waals surface area contributed by atoms with Gasteiger partial charge in [-0.2, -0.15) is 0 Å². The third-order valence-corrected chi connectivity index (χ3v) is 13.9. The van der Waals surface area contributed by atoms with Gasteiger partial charge in [-0.25, -0.2) is 19.9 Å². The first kappa shape index (κ1) is 52.3. The quantitative estimate of drug-likeness (QED) is 0.125. The minimum absolute atomic E-state index is 0. The Kier molecular flexibility index (Phi) is 14.4. The summed E-state index contributed by atoms with van der Waals surface area (Å²) >= 11 is 15.3. The highest BCUT2D eigenvalue weighted by molar-refractivity contribution is 9.10. The first-order chi connectivity index (χ1) is 33.9. The number of rotatable bonds is 5. The Labute approximate surface area is 438 Å². The van der Waals surface area contributed by atoms with Gasteiger partial charge in [0.15, 0.2) is 5.78 Å². The number of Topliss-reactive ketones (excluding diaryl/α,β-unsaturated/α-hetero) is 1. The number of anilines is 3. The van der Waals surface area contributed by atoms with Crippen molar-refractivity contribution in [2.75, 3.05) is 11.1 Å². The maximum Gasteiger partial charge on any atom is 0.276 e. The number of aliphatic imine (C=N–C) groups is 1. The highest BCUT2D eigenvalue weighted by Crippen LogP contribution is 2.42. The molecule has 2 amide bonds. The molecule has 3 fully saturated rings. The number of nitrogens with zero attached hydrogens (tertiary/aromatic N) is 10. The van der Waals surface area contributed by atoms with Crippen LogP contribution in [0.4, 0.5) is 23.0 Å². The van der Waals surface area contributed by atoms with Crippen molar-refractivity contribution in [1.29, 1.82) is 0 Å². The number of nitrogens with one attached hydrogen (secondary N) is 3. The molecule has 22 heteroatoms. The topological polar surface area (TPSA) is 260 Å². The van der Waals surface area contributed by atoms with E-state index in [2.05, 4.69) is 71.8 Å². The van der Waals surface area contributed by atoms with Gasteiger partial charge in [0, 0.05) is 66.1 Å². The Hall–Kier alpha value is -7.03. The van der Waals surface area contributed by atoms with Crippen molar-refractivity contribution in [1.82, 2.24) is 54.7 Å². The molecule has 0 saturated heterocycles. The molecule has 0 unspecified atom stereocenters. The van der Waals surface area contributed by atoms with Gasteiger partial charge in [-0.1, -0.05) is 38.1 Å². The Morgan fingerprint density at radius 3 is 1.71 bits per heavy atom. The zero-order valence-corrected chi connectivity index (χ0v) is 41.9. The van der Waals surface area contributed by atoms with Crippen LogP contribution in [0.3, 0.4) is 0 Å². The van der Waals surface area contributed by atoms with Crippen LogP contribution in [-0.2, 0) is 11.3 Å². The molecule has 3 aliphatic carbocycles. The van der Waals surface area contributed by atoms with E-state index in [1.807, 2.05) is 18.2 Å². The molecular formula is C51H53BrCl2N14O5. The van der Waals surface area contributed by atoms with Gasteiger partial charge in [0.2, 0.25) is 0 Å². The molecule has 7 aromatic heterocycles. The van der Waals surface area contributed by atoms with Crippen LogP contribution in [0.5, 0.6) is 0 Å². The number of hydrogen-bond donors (Lipinski definition) is 4. The van der Waals surface area contributed by atoms with Gasteiger partial charge in [-0.05, 0) is 112 Å². The van der Waals surface area contributed by atoms with Gasteiger partial charge < -0.3 is 21.7 Å². The van der Waals surface area contributed by atoms with E-state index in [4.69, 9.17) is 28.9 Å². The third-order valence-electron chi connectivity index (χ3n) is 12.7. The van der Waals surface area contributed by atoms with E-state index in [0.717, 1.165) is 52.0 Å². The Balaban J connectivity index is 0.000000136. The smallest absolute Gasteiger partial charge is 0.276 e. The highest BCUT2D eigenvalue weighted by Gasteiger charge is 2.39. The molecule has 3 saturated carbocycles. The van der Waals surface area contributed by atoms with E-state index in [-0.39, 0.29) is 70.7 Å². The summed E-state index contributed by atoms with van der Waals surface area (Å²) in [7, 11) is 0. The number of nitrogens with two attached hydrogens (primary N) is 1. The number of hydrogen-bond acceptors (Lipinski definition) is 15. The lowest BCUT2D eigenvalue weighted by Gasteiger charge is -2.22. The molecule has 0 spiro atoms.